The summed E-state index contributed by atoms with van der Waals surface area (Å²) >= 11 is 5.95. The van der Waals surface area contributed by atoms with E-state index in [1.54, 1.807) is 24.3 Å². The quantitative estimate of drug-likeness (QED) is 0.711. The Morgan fingerprint density at radius 3 is 2.41 bits per heavy atom. The average Bonchev–Trinajstić information content (AvgIpc) is 3.51. The molecule has 1 saturated carbocycles. The lowest BCUT2D eigenvalue weighted by Gasteiger charge is -2.40. The molecule has 3 heterocycles. The normalized spacial score (nSPS) is 26.1. The number of hydrogen-bond acceptors (Lipinski definition) is 5. The van der Waals surface area contributed by atoms with Gasteiger partial charge in [-0.25, -0.2) is 17.8 Å². The zero-order valence-corrected chi connectivity index (χ0v) is 19.3. The van der Waals surface area contributed by atoms with Crippen LogP contribution in [0, 0.1) is 5.82 Å². The second-order valence-corrected chi connectivity index (χ2v) is 11.7. The predicted molar refractivity (Wildman–Crippen MR) is 120 cm³/mol. The molecule has 0 spiro atoms. The number of benzene rings is 1. The van der Waals surface area contributed by atoms with Gasteiger partial charge in [-0.05, 0) is 68.4 Å². The molecule has 32 heavy (non-hydrogen) atoms. The summed E-state index contributed by atoms with van der Waals surface area (Å²) in [4.78, 5) is 20.1. The molecule has 170 valence electrons. The molecule has 1 aromatic heterocycles. The van der Waals surface area contributed by atoms with Crippen LogP contribution in [0.25, 0.3) is 0 Å². The number of nitrogens with one attached hydrogen (secondary N) is 1. The van der Waals surface area contributed by atoms with Crippen LogP contribution in [0.2, 0.25) is 5.02 Å². The number of fused-ring (bicyclic) bond motifs is 2. The maximum absolute atomic E-state index is 13.6. The minimum absolute atomic E-state index is 0.00587. The van der Waals surface area contributed by atoms with Gasteiger partial charge in [-0.1, -0.05) is 17.7 Å². The number of nitrogens with zero attached hydrogens (tertiary/aromatic N) is 2. The molecule has 1 amide bonds. The Bertz CT molecular complexity index is 1150. The van der Waals surface area contributed by atoms with E-state index in [1.165, 1.54) is 18.5 Å². The van der Waals surface area contributed by atoms with Gasteiger partial charge in [0.15, 0.2) is 9.84 Å². The van der Waals surface area contributed by atoms with Gasteiger partial charge in [0.1, 0.15) is 11.6 Å². The van der Waals surface area contributed by atoms with Crippen molar-refractivity contribution in [1.82, 2.24) is 10.3 Å². The van der Waals surface area contributed by atoms with Crippen LogP contribution >= 0.6 is 11.6 Å². The van der Waals surface area contributed by atoms with E-state index in [2.05, 4.69) is 15.2 Å². The van der Waals surface area contributed by atoms with Crippen LogP contribution in [-0.2, 0) is 20.0 Å². The molecule has 2 saturated heterocycles. The fourth-order valence-corrected chi connectivity index (χ4v) is 6.04. The Morgan fingerprint density at radius 2 is 1.88 bits per heavy atom. The molecule has 3 atom stereocenters. The second kappa shape index (κ2) is 7.70. The minimum Gasteiger partial charge on any atom is -0.352 e. The lowest BCUT2D eigenvalue weighted by molar-refractivity contribution is -0.124. The molecule has 1 aromatic carbocycles. The van der Waals surface area contributed by atoms with Gasteiger partial charge >= 0.3 is 0 Å². The predicted octanol–water partition coefficient (Wildman–Crippen LogP) is 3.63. The third-order valence-electron chi connectivity index (χ3n) is 7.14. The minimum atomic E-state index is -3.28. The molecule has 2 aliphatic heterocycles. The standard InChI is InChI=1S/C23H25ClFN3O3S/c1-32(30,31)18-5-7-21(26-13-18)28-16-3-4-17(28)12-15(11-16)27-22(29)23(8-9-23)14-2-6-20(25)19(24)10-14/h2,5-7,10,13,15-17H,3-4,8-9,11-12H2,1H3,(H,27,29)/t15-,16+,17-. The highest BCUT2D eigenvalue weighted by Gasteiger charge is 2.52. The molecule has 1 aliphatic carbocycles. The van der Waals surface area contributed by atoms with E-state index in [4.69, 9.17) is 11.6 Å². The van der Waals surface area contributed by atoms with E-state index in [1.807, 2.05) is 0 Å². The van der Waals surface area contributed by atoms with Gasteiger partial charge in [-0.2, -0.15) is 0 Å². The largest absolute Gasteiger partial charge is 0.352 e. The summed E-state index contributed by atoms with van der Waals surface area (Å²) in [5.74, 6) is 0.302. The van der Waals surface area contributed by atoms with Crippen molar-refractivity contribution >= 4 is 33.2 Å². The van der Waals surface area contributed by atoms with Gasteiger partial charge in [-0.15, -0.1) is 0 Å². The molecule has 2 aromatic rings. The molecule has 0 radical (unpaired) electrons. The van der Waals surface area contributed by atoms with Crippen LogP contribution in [-0.4, -0.2) is 43.7 Å². The zero-order chi connectivity index (χ0) is 22.7. The van der Waals surface area contributed by atoms with E-state index in [-0.39, 0.29) is 34.0 Å². The first-order chi connectivity index (χ1) is 15.2. The van der Waals surface area contributed by atoms with Gasteiger partial charge in [0.25, 0.3) is 0 Å². The number of hydrogen-bond donors (Lipinski definition) is 1. The van der Waals surface area contributed by atoms with Gasteiger partial charge in [0.2, 0.25) is 5.91 Å². The number of halogens is 2. The summed E-state index contributed by atoms with van der Waals surface area (Å²) < 4.78 is 37.0. The van der Waals surface area contributed by atoms with Crippen LogP contribution in [0.5, 0.6) is 0 Å². The SMILES string of the molecule is CS(=O)(=O)c1ccc(N2[C@@H]3CC[C@H]2C[C@@H](NC(=O)C2(c4ccc(F)c(Cl)c4)CC2)C3)nc1. The van der Waals surface area contributed by atoms with Crippen LogP contribution in [0.4, 0.5) is 10.2 Å². The highest BCUT2D eigenvalue weighted by molar-refractivity contribution is 7.90. The molecule has 3 fully saturated rings. The van der Waals surface area contributed by atoms with Crippen LogP contribution in [0.3, 0.4) is 0 Å². The molecule has 6 nitrogen and oxygen atoms in total. The fraction of sp³-hybridized carbons (Fsp3) is 0.478. The van der Waals surface area contributed by atoms with Crippen molar-refractivity contribution in [2.75, 3.05) is 11.2 Å². The maximum atomic E-state index is 13.6. The van der Waals surface area contributed by atoms with Crippen molar-refractivity contribution in [2.45, 2.75) is 67.0 Å². The number of amides is 1. The fourth-order valence-electron chi connectivity index (χ4n) is 5.30. The van der Waals surface area contributed by atoms with Crippen molar-refractivity contribution in [3.8, 4) is 0 Å². The first-order valence-corrected chi connectivity index (χ1v) is 13.2. The summed E-state index contributed by atoms with van der Waals surface area (Å²) in [5, 5.41) is 3.30. The topological polar surface area (TPSA) is 79.4 Å². The Kier molecular flexibility index (Phi) is 5.21. The van der Waals surface area contributed by atoms with E-state index in [0.29, 0.717) is 0 Å². The van der Waals surface area contributed by atoms with Gasteiger partial charge < -0.3 is 10.2 Å². The lowest BCUT2D eigenvalue weighted by Crippen LogP contribution is -2.52. The first-order valence-electron chi connectivity index (χ1n) is 10.9. The van der Waals surface area contributed by atoms with E-state index in [9.17, 15) is 17.6 Å². The highest BCUT2D eigenvalue weighted by atomic mass is 35.5. The van der Waals surface area contributed by atoms with Crippen molar-refractivity contribution in [2.24, 2.45) is 0 Å². The van der Waals surface area contributed by atoms with Crippen molar-refractivity contribution in [3.05, 3.63) is 52.9 Å². The Hall–Kier alpha value is -2.19. The summed E-state index contributed by atoms with van der Waals surface area (Å²) in [7, 11) is -3.28. The zero-order valence-electron chi connectivity index (χ0n) is 17.7. The highest BCUT2D eigenvalue weighted by Crippen LogP contribution is 2.49. The molecule has 5 rings (SSSR count). The third-order valence-corrected chi connectivity index (χ3v) is 8.53. The monoisotopic (exact) mass is 477 g/mol. The summed E-state index contributed by atoms with van der Waals surface area (Å²) in [5.41, 5.74) is 0.174. The smallest absolute Gasteiger partial charge is 0.230 e. The van der Waals surface area contributed by atoms with Crippen molar-refractivity contribution in [1.29, 1.82) is 0 Å². The number of pyridine rings is 1. The molecule has 0 unspecified atom stereocenters. The van der Waals surface area contributed by atoms with Gasteiger partial charge in [0, 0.05) is 30.6 Å². The summed E-state index contributed by atoms with van der Waals surface area (Å²) in [6, 6.07) is 8.52. The molecule has 9 heteroatoms. The van der Waals surface area contributed by atoms with Crippen molar-refractivity contribution < 1.29 is 17.6 Å². The maximum Gasteiger partial charge on any atom is 0.230 e. The number of anilines is 1. The van der Waals surface area contributed by atoms with E-state index >= 15 is 0 Å². The summed E-state index contributed by atoms with van der Waals surface area (Å²) in [6.07, 6.45) is 7.75. The Balaban J connectivity index is 1.28. The van der Waals surface area contributed by atoms with Crippen molar-refractivity contribution in [3.63, 3.8) is 0 Å². The van der Waals surface area contributed by atoms with Crippen LogP contribution < -0.4 is 10.2 Å². The molecule has 2 bridgehead atoms. The lowest BCUT2D eigenvalue weighted by atomic mass is 9.92. The van der Waals surface area contributed by atoms with E-state index in [0.717, 1.165) is 49.9 Å². The van der Waals surface area contributed by atoms with E-state index < -0.39 is 21.1 Å². The number of carbonyl (C=O) groups excluding carboxylic acids is 1. The average molecular weight is 478 g/mol. The third kappa shape index (κ3) is 3.77. The number of aromatic nitrogens is 1. The summed E-state index contributed by atoms with van der Waals surface area (Å²) in [6.45, 7) is 0. The molecule has 3 aliphatic rings. The van der Waals surface area contributed by atoms with Gasteiger partial charge in [0.05, 0.1) is 15.3 Å². The first kappa shape index (κ1) is 21.6. The second-order valence-electron chi connectivity index (χ2n) is 9.27. The Morgan fingerprint density at radius 1 is 1.19 bits per heavy atom. The van der Waals surface area contributed by atoms with Crippen LogP contribution in [0.1, 0.15) is 44.1 Å². The number of piperidine rings is 1. The van der Waals surface area contributed by atoms with Crippen LogP contribution in [0.15, 0.2) is 41.4 Å². The number of rotatable bonds is 5. The number of carbonyl (C=O) groups is 1. The molecule has 1 N–H and O–H groups in total. The molecular formula is C23H25ClFN3O3S. The Labute approximate surface area is 192 Å². The molecular weight excluding hydrogens is 453 g/mol. The number of sulfone groups is 1. The van der Waals surface area contributed by atoms with Gasteiger partial charge in [-0.3, -0.25) is 4.79 Å².